The maximum atomic E-state index is 12.4. The van der Waals surface area contributed by atoms with Crippen LogP contribution in [-0.4, -0.2) is 61.6 Å². The Bertz CT molecular complexity index is 1160. The van der Waals surface area contributed by atoms with Crippen molar-refractivity contribution in [3.05, 3.63) is 24.0 Å². The van der Waals surface area contributed by atoms with Gasteiger partial charge in [-0.15, -0.1) is 0 Å². The Labute approximate surface area is 184 Å². The molecular formula is C21H26N6O3S. The van der Waals surface area contributed by atoms with Crippen LogP contribution in [0.2, 0.25) is 0 Å². The van der Waals surface area contributed by atoms with E-state index in [0.717, 1.165) is 16.4 Å². The van der Waals surface area contributed by atoms with E-state index in [4.69, 9.17) is 10.5 Å². The Kier molecular flexibility index (Phi) is 5.50. The molecule has 1 saturated heterocycles. The van der Waals surface area contributed by atoms with Gasteiger partial charge in [-0.25, -0.2) is 14.8 Å². The van der Waals surface area contributed by atoms with Crippen LogP contribution in [-0.2, 0) is 4.74 Å². The molecule has 3 aromatic rings. The minimum absolute atomic E-state index is 0.00702. The Morgan fingerprint density at radius 3 is 2.55 bits per heavy atom. The van der Waals surface area contributed by atoms with Crippen LogP contribution in [0.3, 0.4) is 0 Å². The second-order valence-electron chi connectivity index (χ2n) is 8.61. The Hall–Kier alpha value is -2.88. The van der Waals surface area contributed by atoms with E-state index in [1.54, 1.807) is 11.1 Å². The summed E-state index contributed by atoms with van der Waals surface area (Å²) in [4.78, 5) is 35.2. The van der Waals surface area contributed by atoms with Crippen molar-refractivity contribution in [2.45, 2.75) is 50.4 Å². The number of aromatic nitrogens is 4. The molecule has 0 radical (unpaired) electrons. The van der Waals surface area contributed by atoms with E-state index >= 15 is 0 Å². The normalized spacial score (nSPS) is 15.5. The average Bonchev–Trinajstić information content (AvgIpc) is 3.12. The molecule has 2 amide bonds. The summed E-state index contributed by atoms with van der Waals surface area (Å²) in [6.07, 6.45) is 4.76. The number of likely N-dealkylation sites (tertiary alicyclic amines) is 1. The van der Waals surface area contributed by atoms with E-state index in [-0.39, 0.29) is 17.8 Å². The SMILES string of the molecule is CSc1ncc2ccc3c(C(N)=O)nn(C4CCN(C(=O)OC(C)(C)C)CC4)c3c2n1. The molecule has 1 aliphatic heterocycles. The number of fused-ring (bicyclic) bond motifs is 3. The molecule has 2 aromatic heterocycles. The molecule has 0 spiro atoms. The summed E-state index contributed by atoms with van der Waals surface area (Å²) in [7, 11) is 0. The first-order valence-corrected chi connectivity index (χ1v) is 11.4. The zero-order valence-corrected chi connectivity index (χ0v) is 18.9. The lowest BCUT2D eigenvalue weighted by Crippen LogP contribution is -2.42. The van der Waals surface area contributed by atoms with Crippen LogP contribution >= 0.6 is 11.8 Å². The van der Waals surface area contributed by atoms with Crippen molar-refractivity contribution in [2.24, 2.45) is 5.73 Å². The number of ether oxygens (including phenoxy) is 1. The summed E-state index contributed by atoms with van der Waals surface area (Å²) < 4.78 is 7.35. The first kappa shape index (κ1) is 21.4. The van der Waals surface area contributed by atoms with Gasteiger partial charge in [0.15, 0.2) is 10.9 Å². The monoisotopic (exact) mass is 442 g/mol. The number of primary amides is 1. The quantitative estimate of drug-likeness (QED) is 0.488. The number of piperidine rings is 1. The Balaban J connectivity index is 1.72. The van der Waals surface area contributed by atoms with Crippen LogP contribution in [0.1, 0.15) is 50.1 Å². The molecule has 1 aliphatic rings. The zero-order valence-electron chi connectivity index (χ0n) is 18.1. The minimum Gasteiger partial charge on any atom is -0.444 e. The maximum absolute atomic E-state index is 12.4. The van der Waals surface area contributed by atoms with Gasteiger partial charge in [0.05, 0.1) is 11.6 Å². The summed E-state index contributed by atoms with van der Waals surface area (Å²) in [6, 6.07) is 3.73. The standard InChI is InChI=1S/C21H26N6O3S/c1-21(2,3)30-20(29)26-9-7-13(8-10-26)27-17-14(16(25-27)18(22)28)6-5-12-11-23-19(31-4)24-15(12)17/h5-6,11,13H,7-10H2,1-4H3,(H2,22,28). The van der Waals surface area contributed by atoms with Crippen molar-refractivity contribution >= 4 is 45.6 Å². The van der Waals surface area contributed by atoms with Crippen LogP contribution in [0.4, 0.5) is 4.79 Å². The number of benzene rings is 1. The summed E-state index contributed by atoms with van der Waals surface area (Å²) in [5, 5.41) is 6.78. The van der Waals surface area contributed by atoms with Crippen LogP contribution in [0.15, 0.2) is 23.5 Å². The van der Waals surface area contributed by atoms with Crippen LogP contribution in [0.5, 0.6) is 0 Å². The highest BCUT2D eigenvalue weighted by Crippen LogP contribution is 2.33. The third-order valence-electron chi connectivity index (χ3n) is 5.27. The number of nitrogens with zero attached hydrogens (tertiary/aromatic N) is 5. The van der Waals surface area contributed by atoms with Gasteiger partial charge in [0, 0.05) is 30.1 Å². The lowest BCUT2D eigenvalue weighted by molar-refractivity contribution is 0.0186. The number of carbonyl (C=O) groups excluding carboxylic acids is 2. The summed E-state index contributed by atoms with van der Waals surface area (Å²) in [6.45, 7) is 6.66. The molecule has 3 heterocycles. The highest BCUT2D eigenvalue weighted by atomic mass is 32.2. The number of nitrogens with two attached hydrogens (primary N) is 1. The molecular weight excluding hydrogens is 416 g/mol. The molecule has 0 aliphatic carbocycles. The smallest absolute Gasteiger partial charge is 0.410 e. The van der Waals surface area contributed by atoms with Crippen molar-refractivity contribution in [2.75, 3.05) is 19.3 Å². The van der Waals surface area contributed by atoms with Gasteiger partial charge in [0.25, 0.3) is 5.91 Å². The van der Waals surface area contributed by atoms with E-state index in [0.29, 0.717) is 36.5 Å². The van der Waals surface area contributed by atoms with E-state index < -0.39 is 11.5 Å². The van der Waals surface area contributed by atoms with Gasteiger partial charge in [-0.3, -0.25) is 9.48 Å². The number of rotatable bonds is 3. The molecule has 0 atom stereocenters. The molecule has 0 unspecified atom stereocenters. The number of carbonyl (C=O) groups is 2. The number of amides is 2. The lowest BCUT2D eigenvalue weighted by atomic mass is 10.0. The van der Waals surface area contributed by atoms with Gasteiger partial charge < -0.3 is 15.4 Å². The highest BCUT2D eigenvalue weighted by Gasteiger charge is 2.30. The van der Waals surface area contributed by atoms with Gasteiger partial charge in [0.2, 0.25) is 0 Å². The zero-order chi connectivity index (χ0) is 22.3. The minimum atomic E-state index is -0.576. The van der Waals surface area contributed by atoms with Crippen LogP contribution in [0, 0.1) is 0 Å². The fourth-order valence-electron chi connectivity index (χ4n) is 3.86. The molecule has 2 N–H and O–H groups in total. The first-order valence-electron chi connectivity index (χ1n) is 10.2. The molecule has 0 saturated carbocycles. The van der Waals surface area contributed by atoms with E-state index in [9.17, 15) is 9.59 Å². The van der Waals surface area contributed by atoms with Crippen molar-refractivity contribution in [3.63, 3.8) is 0 Å². The van der Waals surface area contributed by atoms with E-state index in [2.05, 4.69) is 15.1 Å². The van der Waals surface area contributed by atoms with Crippen molar-refractivity contribution in [1.82, 2.24) is 24.6 Å². The summed E-state index contributed by atoms with van der Waals surface area (Å²) in [5.41, 5.74) is 6.84. The van der Waals surface area contributed by atoms with Crippen molar-refractivity contribution in [3.8, 4) is 0 Å². The average molecular weight is 443 g/mol. The number of hydrogen-bond acceptors (Lipinski definition) is 7. The molecule has 4 rings (SSSR count). The largest absolute Gasteiger partial charge is 0.444 e. The molecule has 1 fully saturated rings. The number of hydrogen-bond donors (Lipinski definition) is 1. The molecule has 1 aromatic carbocycles. The second kappa shape index (κ2) is 7.99. The first-order chi connectivity index (χ1) is 14.7. The van der Waals surface area contributed by atoms with Gasteiger partial charge >= 0.3 is 6.09 Å². The van der Waals surface area contributed by atoms with Crippen molar-refractivity contribution in [1.29, 1.82) is 0 Å². The summed E-state index contributed by atoms with van der Waals surface area (Å²) >= 11 is 1.45. The Morgan fingerprint density at radius 2 is 1.94 bits per heavy atom. The lowest BCUT2D eigenvalue weighted by Gasteiger charge is -2.33. The fourth-order valence-corrected chi connectivity index (χ4v) is 4.21. The Morgan fingerprint density at radius 1 is 1.23 bits per heavy atom. The predicted molar refractivity (Wildman–Crippen MR) is 119 cm³/mol. The molecule has 10 heteroatoms. The summed E-state index contributed by atoms with van der Waals surface area (Å²) in [5.74, 6) is -0.576. The fraction of sp³-hybridized carbons (Fsp3) is 0.476. The van der Waals surface area contributed by atoms with E-state index in [1.165, 1.54) is 11.8 Å². The third-order valence-corrected chi connectivity index (χ3v) is 5.84. The predicted octanol–water partition coefficient (Wildman–Crippen LogP) is 3.37. The highest BCUT2D eigenvalue weighted by molar-refractivity contribution is 7.98. The second-order valence-corrected chi connectivity index (χ2v) is 9.39. The molecule has 31 heavy (non-hydrogen) atoms. The van der Waals surface area contributed by atoms with Gasteiger partial charge in [-0.05, 0) is 45.9 Å². The topological polar surface area (TPSA) is 116 Å². The molecule has 164 valence electrons. The van der Waals surface area contributed by atoms with E-state index in [1.807, 2.05) is 43.8 Å². The van der Waals surface area contributed by atoms with Gasteiger partial charge in [-0.1, -0.05) is 17.8 Å². The van der Waals surface area contributed by atoms with Crippen LogP contribution < -0.4 is 5.73 Å². The van der Waals surface area contributed by atoms with Gasteiger partial charge in [-0.2, -0.15) is 5.10 Å². The maximum Gasteiger partial charge on any atom is 0.410 e. The van der Waals surface area contributed by atoms with Gasteiger partial charge in [0.1, 0.15) is 11.1 Å². The van der Waals surface area contributed by atoms with Crippen LogP contribution in [0.25, 0.3) is 21.8 Å². The van der Waals surface area contributed by atoms with Crippen molar-refractivity contribution < 1.29 is 14.3 Å². The third kappa shape index (κ3) is 4.16. The molecule has 0 bridgehead atoms. The number of thioether (sulfide) groups is 1. The molecule has 9 nitrogen and oxygen atoms in total.